The monoisotopic (exact) mass is 882 g/mol. The van der Waals surface area contributed by atoms with Gasteiger partial charge in [0.2, 0.25) is 5.91 Å². The summed E-state index contributed by atoms with van der Waals surface area (Å²) in [6.07, 6.45) is 45.5. The van der Waals surface area contributed by atoms with E-state index in [1.165, 1.54) is 205 Å². The van der Waals surface area contributed by atoms with E-state index in [2.05, 4.69) is 19.2 Å². The Bertz CT molecular complexity index is 981. The molecular formula is C53H103NO8. The van der Waals surface area contributed by atoms with E-state index in [1.54, 1.807) is 6.08 Å². The average molecular weight is 882 g/mol. The fraction of sp³-hybridized carbons (Fsp3) is 0.943. The van der Waals surface area contributed by atoms with Gasteiger partial charge in [-0.1, -0.05) is 251 Å². The summed E-state index contributed by atoms with van der Waals surface area (Å²) < 4.78 is 11.3. The second-order valence-corrected chi connectivity index (χ2v) is 19.0. The lowest BCUT2D eigenvalue weighted by Crippen LogP contribution is -2.60. The molecule has 62 heavy (non-hydrogen) atoms. The fourth-order valence-corrected chi connectivity index (χ4v) is 8.81. The smallest absolute Gasteiger partial charge is 0.220 e. The Kier molecular flexibility index (Phi) is 41.6. The van der Waals surface area contributed by atoms with Gasteiger partial charge in [0.15, 0.2) is 6.29 Å². The van der Waals surface area contributed by atoms with Crippen LogP contribution in [0, 0.1) is 0 Å². The molecule has 0 aromatic heterocycles. The maximum Gasteiger partial charge on any atom is 0.220 e. The van der Waals surface area contributed by atoms with E-state index in [1.807, 2.05) is 6.08 Å². The van der Waals surface area contributed by atoms with E-state index in [-0.39, 0.29) is 12.5 Å². The van der Waals surface area contributed by atoms with Crippen LogP contribution in [0.2, 0.25) is 0 Å². The first-order valence-corrected chi connectivity index (χ1v) is 26.9. The SMILES string of the molecule is CCCCCCCCCCCCCCCCCCCC/C=C/C(O)C(COC1OC(CO)C(O)C(O)C1O)NC(=O)CCCCCCCCCCCCCCCCCCCCC. The zero-order valence-corrected chi connectivity index (χ0v) is 40.6. The Labute approximate surface area is 382 Å². The molecule has 0 radical (unpaired) electrons. The number of hydrogen-bond donors (Lipinski definition) is 6. The van der Waals surface area contributed by atoms with E-state index in [0.29, 0.717) is 6.42 Å². The minimum absolute atomic E-state index is 0.171. The Hall–Kier alpha value is -1.07. The van der Waals surface area contributed by atoms with Gasteiger partial charge in [0.05, 0.1) is 25.4 Å². The molecule has 1 aliphatic heterocycles. The van der Waals surface area contributed by atoms with Gasteiger partial charge in [0.25, 0.3) is 0 Å². The molecule has 0 saturated carbocycles. The number of ether oxygens (including phenoxy) is 2. The molecule has 1 amide bonds. The van der Waals surface area contributed by atoms with Crippen molar-refractivity contribution in [2.24, 2.45) is 0 Å². The average Bonchev–Trinajstić information content (AvgIpc) is 3.27. The lowest BCUT2D eigenvalue weighted by Gasteiger charge is -2.40. The van der Waals surface area contributed by atoms with Gasteiger partial charge in [-0.25, -0.2) is 0 Å². The maximum absolute atomic E-state index is 13.0. The van der Waals surface area contributed by atoms with Crippen molar-refractivity contribution in [1.29, 1.82) is 0 Å². The van der Waals surface area contributed by atoms with E-state index < -0.39 is 49.5 Å². The Balaban J connectivity index is 2.26. The Morgan fingerprint density at radius 3 is 1.26 bits per heavy atom. The minimum atomic E-state index is -1.56. The van der Waals surface area contributed by atoms with E-state index in [0.717, 1.165) is 38.5 Å². The summed E-state index contributed by atoms with van der Waals surface area (Å²) in [6, 6.07) is -0.799. The molecule has 1 aliphatic rings. The van der Waals surface area contributed by atoms with Gasteiger partial charge in [0.1, 0.15) is 24.4 Å². The van der Waals surface area contributed by atoms with Crippen LogP contribution in [-0.4, -0.2) is 87.5 Å². The Morgan fingerprint density at radius 2 is 0.887 bits per heavy atom. The summed E-state index contributed by atoms with van der Waals surface area (Å²) >= 11 is 0. The van der Waals surface area contributed by atoms with Gasteiger partial charge in [-0.2, -0.15) is 0 Å². The van der Waals surface area contributed by atoms with Gasteiger partial charge in [-0.3, -0.25) is 4.79 Å². The molecule has 0 bridgehead atoms. The molecule has 0 spiro atoms. The standard InChI is InChI=1S/C53H103NO8/c1-3-5-7-9-11-13-15-17-19-21-23-25-26-28-30-32-34-36-38-40-42-47(56)46(45-61-53-52(60)51(59)50(58)48(44-55)62-53)54-49(57)43-41-39-37-35-33-31-29-27-24-22-20-18-16-14-12-10-8-6-4-2/h40,42,46-48,50-53,55-56,58-60H,3-39,41,43-45H2,1-2H3,(H,54,57)/b42-40+. The highest BCUT2D eigenvalue weighted by molar-refractivity contribution is 5.76. The van der Waals surface area contributed by atoms with Crippen molar-refractivity contribution in [2.45, 2.75) is 307 Å². The summed E-state index contributed by atoms with van der Waals surface area (Å²) in [7, 11) is 0. The molecule has 0 aliphatic carbocycles. The molecule has 7 unspecified atom stereocenters. The summed E-state index contributed by atoms with van der Waals surface area (Å²) in [5, 5.41) is 54.4. The van der Waals surface area contributed by atoms with Crippen molar-refractivity contribution < 1.29 is 39.8 Å². The lowest BCUT2D eigenvalue weighted by atomic mass is 9.99. The second-order valence-electron chi connectivity index (χ2n) is 19.0. The molecule has 1 heterocycles. The molecule has 7 atom stereocenters. The number of carbonyl (C=O) groups is 1. The van der Waals surface area contributed by atoms with Crippen molar-refractivity contribution in [3.8, 4) is 0 Å². The van der Waals surface area contributed by atoms with Gasteiger partial charge in [-0.05, 0) is 19.3 Å². The highest BCUT2D eigenvalue weighted by atomic mass is 16.7. The third-order valence-corrected chi connectivity index (χ3v) is 13.1. The third-order valence-electron chi connectivity index (χ3n) is 13.1. The number of rotatable bonds is 46. The molecule has 1 rings (SSSR count). The summed E-state index contributed by atoms with van der Waals surface area (Å²) in [5.74, 6) is -0.171. The topological polar surface area (TPSA) is 149 Å². The van der Waals surface area contributed by atoms with Crippen LogP contribution in [0.1, 0.15) is 264 Å². The van der Waals surface area contributed by atoms with Crippen molar-refractivity contribution in [3.05, 3.63) is 12.2 Å². The number of carbonyl (C=O) groups excluding carboxylic acids is 1. The van der Waals surface area contributed by atoms with Gasteiger partial charge in [-0.15, -0.1) is 0 Å². The molecule has 0 aromatic rings. The molecule has 368 valence electrons. The van der Waals surface area contributed by atoms with E-state index in [9.17, 15) is 30.3 Å². The van der Waals surface area contributed by atoms with Crippen LogP contribution >= 0.6 is 0 Å². The summed E-state index contributed by atoms with van der Waals surface area (Å²) in [6.45, 7) is 3.81. The Morgan fingerprint density at radius 1 is 0.532 bits per heavy atom. The van der Waals surface area contributed by atoms with Crippen molar-refractivity contribution in [1.82, 2.24) is 5.32 Å². The predicted octanol–water partition coefficient (Wildman–Crippen LogP) is 12.5. The van der Waals surface area contributed by atoms with Crippen LogP contribution in [0.5, 0.6) is 0 Å². The molecular weight excluding hydrogens is 779 g/mol. The zero-order valence-electron chi connectivity index (χ0n) is 40.6. The van der Waals surface area contributed by atoms with Crippen LogP contribution < -0.4 is 5.32 Å². The molecule has 1 saturated heterocycles. The van der Waals surface area contributed by atoms with E-state index in [4.69, 9.17) is 9.47 Å². The molecule has 6 N–H and O–H groups in total. The fourth-order valence-electron chi connectivity index (χ4n) is 8.81. The highest BCUT2D eigenvalue weighted by Crippen LogP contribution is 2.23. The van der Waals surface area contributed by atoms with Gasteiger partial charge >= 0.3 is 0 Å². The predicted molar refractivity (Wildman–Crippen MR) is 258 cm³/mol. The van der Waals surface area contributed by atoms with Crippen molar-refractivity contribution in [3.63, 3.8) is 0 Å². The number of amides is 1. The number of unbranched alkanes of at least 4 members (excludes halogenated alkanes) is 36. The number of aliphatic hydroxyl groups is 5. The van der Waals surface area contributed by atoms with Crippen LogP contribution in [0.25, 0.3) is 0 Å². The van der Waals surface area contributed by atoms with Crippen molar-refractivity contribution >= 4 is 5.91 Å². The number of nitrogens with one attached hydrogen (secondary N) is 1. The third kappa shape index (κ3) is 33.4. The summed E-state index contributed by atoms with van der Waals surface area (Å²) in [5.41, 5.74) is 0. The molecule has 1 fully saturated rings. The molecule has 9 nitrogen and oxygen atoms in total. The quantitative estimate of drug-likeness (QED) is 0.0261. The van der Waals surface area contributed by atoms with Crippen LogP contribution in [0.3, 0.4) is 0 Å². The first-order chi connectivity index (χ1) is 30.3. The largest absolute Gasteiger partial charge is 0.394 e. The number of allylic oxidation sites excluding steroid dienone is 1. The second kappa shape index (κ2) is 43.8. The first-order valence-electron chi connectivity index (χ1n) is 26.9. The van der Waals surface area contributed by atoms with Gasteiger partial charge in [0, 0.05) is 6.42 Å². The van der Waals surface area contributed by atoms with Crippen molar-refractivity contribution in [2.75, 3.05) is 13.2 Å². The van der Waals surface area contributed by atoms with Crippen LogP contribution in [-0.2, 0) is 14.3 Å². The van der Waals surface area contributed by atoms with Crippen LogP contribution in [0.15, 0.2) is 12.2 Å². The highest BCUT2D eigenvalue weighted by Gasteiger charge is 2.44. The first kappa shape index (κ1) is 58.9. The molecule has 0 aromatic carbocycles. The zero-order chi connectivity index (χ0) is 45.1. The summed E-state index contributed by atoms with van der Waals surface area (Å²) in [4.78, 5) is 13.0. The maximum atomic E-state index is 13.0. The van der Waals surface area contributed by atoms with Gasteiger partial charge < -0.3 is 40.3 Å². The lowest BCUT2D eigenvalue weighted by molar-refractivity contribution is -0.302. The van der Waals surface area contributed by atoms with Crippen LogP contribution in [0.4, 0.5) is 0 Å². The van der Waals surface area contributed by atoms with E-state index >= 15 is 0 Å². The minimum Gasteiger partial charge on any atom is -0.394 e. The number of hydrogen-bond acceptors (Lipinski definition) is 8. The number of aliphatic hydroxyl groups excluding tert-OH is 5. The normalized spacial score (nSPS) is 20.3. The molecule has 9 heteroatoms.